The van der Waals surface area contributed by atoms with Crippen molar-refractivity contribution in [3.63, 3.8) is 0 Å². The zero-order chi connectivity index (χ0) is 40.6. The maximum absolute atomic E-state index is 2.54. The second kappa shape index (κ2) is 12.4. The minimum absolute atomic E-state index is 0.387. The summed E-state index contributed by atoms with van der Waals surface area (Å²) in [5, 5.41) is 0. The molecule has 4 aliphatic carbocycles. The van der Waals surface area contributed by atoms with E-state index in [-0.39, 0.29) is 5.41 Å². The topological polar surface area (TPSA) is 0 Å². The minimum Gasteiger partial charge on any atom is -0.0622 e. The molecule has 4 aliphatic rings. The quantitative estimate of drug-likeness (QED) is 0.167. The summed E-state index contributed by atoms with van der Waals surface area (Å²) in [5.41, 5.74) is 28.0. The van der Waals surface area contributed by atoms with Crippen LogP contribution in [-0.2, 0) is 10.8 Å². The first-order valence-electron chi connectivity index (χ1n) is 21.8. The Morgan fingerprint density at radius 3 is 0.742 bits per heavy atom. The van der Waals surface area contributed by atoms with E-state index in [0.29, 0.717) is 0 Å². The minimum atomic E-state index is -0.467. The first-order chi connectivity index (χ1) is 30.7. The van der Waals surface area contributed by atoms with Crippen LogP contribution in [0.2, 0.25) is 0 Å². The zero-order valence-electron chi connectivity index (χ0n) is 33.9. The van der Waals surface area contributed by atoms with Gasteiger partial charge in [-0.25, -0.2) is 0 Å². The van der Waals surface area contributed by atoms with Crippen LogP contribution in [0.15, 0.2) is 231 Å². The Morgan fingerprint density at radius 1 is 0.161 bits per heavy atom. The molecule has 62 heavy (non-hydrogen) atoms. The van der Waals surface area contributed by atoms with Gasteiger partial charge in [0.2, 0.25) is 0 Å². The fourth-order valence-electron chi connectivity index (χ4n) is 12.3. The van der Waals surface area contributed by atoms with Crippen molar-refractivity contribution in [3.05, 3.63) is 275 Å². The molecule has 0 fully saturated rings. The van der Waals surface area contributed by atoms with Crippen LogP contribution in [0, 0.1) is 0 Å². The summed E-state index contributed by atoms with van der Waals surface area (Å²) in [6.45, 7) is 0. The average Bonchev–Trinajstić information content (AvgIpc) is 4.03. The highest BCUT2D eigenvalue weighted by atomic mass is 14.5. The summed E-state index contributed by atoms with van der Waals surface area (Å²) >= 11 is 0. The lowest BCUT2D eigenvalue weighted by molar-refractivity contribution is 0.793. The van der Waals surface area contributed by atoms with E-state index in [9.17, 15) is 0 Å². The van der Waals surface area contributed by atoms with Gasteiger partial charge < -0.3 is 0 Å². The molecule has 286 valence electrons. The third-order valence-corrected chi connectivity index (χ3v) is 14.7. The van der Waals surface area contributed by atoms with Crippen LogP contribution in [0.1, 0.15) is 44.5 Å². The maximum atomic E-state index is 2.54. The van der Waals surface area contributed by atoms with Crippen LogP contribution in [0.25, 0.3) is 77.9 Å². The standard InChI is InChI=1S/C62H38/c1-2-14-39(15-3-1)40-26-28-41(29-27-40)42-30-33-51-52-35-32-44(38-60(52)62(59(51)36-42)56-24-12-6-18-47(56)48-19-7-13-25-57(48)62)43-31-34-50-49-20-8-11-23-55(49)61(58(50)37-43)53-21-9-4-16-45(53)46-17-5-10-22-54(46)61/h1-38H. The molecule has 0 N–H and O–H groups in total. The monoisotopic (exact) mass is 782 g/mol. The molecule has 14 rings (SSSR count). The Balaban J connectivity index is 0.983. The highest BCUT2D eigenvalue weighted by Crippen LogP contribution is 2.65. The smallest absolute Gasteiger partial charge is 0.0622 e. The molecule has 0 bridgehead atoms. The molecule has 0 radical (unpaired) electrons. The van der Waals surface area contributed by atoms with Crippen LogP contribution in [0.5, 0.6) is 0 Å². The highest BCUT2D eigenvalue weighted by Gasteiger charge is 2.53. The van der Waals surface area contributed by atoms with Crippen LogP contribution >= 0.6 is 0 Å². The number of benzene rings is 10. The number of hydrogen-bond donors (Lipinski definition) is 0. The summed E-state index contributed by atoms with van der Waals surface area (Å²) in [7, 11) is 0. The van der Waals surface area contributed by atoms with Gasteiger partial charge in [0.15, 0.2) is 0 Å². The fourth-order valence-corrected chi connectivity index (χ4v) is 12.3. The van der Waals surface area contributed by atoms with Crippen molar-refractivity contribution in [2.75, 3.05) is 0 Å². The van der Waals surface area contributed by atoms with Crippen LogP contribution < -0.4 is 0 Å². The van der Waals surface area contributed by atoms with Gasteiger partial charge in [-0.15, -0.1) is 0 Å². The van der Waals surface area contributed by atoms with Gasteiger partial charge in [-0.05, 0) is 141 Å². The van der Waals surface area contributed by atoms with E-state index in [0.717, 1.165) is 0 Å². The Labute approximate surface area is 362 Å². The lowest BCUT2D eigenvalue weighted by atomic mass is 9.69. The van der Waals surface area contributed by atoms with E-state index in [1.54, 1.807) is 0 Å². The van der Waals surface area contributed by atoms with Gasteiger partial charge in [0.1, 0.15) is 0 Å². The molecular formula is C62H38. The molecular weight excluding hydrogens is 745 g/mol. The summed E-state index contributed by atoms with van der Waals surface area (Å²) in [6, 6.07) is 87.1. The van der Waals surface area contributed by atoms with Gasteiger partial charge in [-0.2, -0.15) is 0 Å². The Bertz CT molecular complexity index is 3400. The normalized spacial score (nSPS) is 14.4. The van der Waals surface area contributed by atoms with Crippen LogP contribution in [-0.4, -0.2) is 0 Å². The van der Waals surface area contributed by atoms with Crippen LogP contribution in [0.3, 0.4) is 0 Å². The lowest BCUT2D eigenvalue weighted by Crippen LogP contribution is -2.26. The third kappa shape index (κ3) is 4.21. The fraction of sp³-hybridized carbons (Fsp3) is 0.0323. The van der Waals surface area contributed by atoms with Crippen molar-refractivity contribution in [3.8, 4) is 77.9 Å². The summed E-state index contributed by atoms with van der Waals surface area (Å²) in [6.07, 6.45) is 0. The van der Waals surface area contributed by atoms with Crippen molar-refractivity contribution < 1.29 is 0 Å². The van der Waals surface area contributed by atoms with E-state index in [4.69, 9.17) is 0 Å². The molecule has 0 heteroatoms. The molecule has 10 aromatic rings. The van der Waals surface area contributed by atoms with Crippen molar-refractivity contribution in [1.29, 1.82) is 0 Å². The number of fused-ring (bicyclic) bond motifs is 20. The van der Waals surface area contributed by atoms with Crippen molar-refractivity contribution in [1.82, 2.24) is 0 Å². The van der Waals surface area contributed by atoms with Gasteiger partial charge in [-0.3, -0.25) is 0 Å². The van der Waals surface area contributed by atoms with E-state index < -0.39 is 5.41 Å². The van der Waals surface area contributed by atoms with Crippen molar-refractivity contribution in [2.45, 2.75) is 10.8 Å². The molecule has 0 aliphatic heterocycles. The van der Waals surface area contributed by atoms with Gasteiger partial charge in [0, 0.05) is 0 Å². The second-order valence-corrected chi connectivity index (χ2v) is 17.5. The summed E-state index contributed by atoms with van der Waals surface area (Å²) < 4.78 is 0. The van der Waals surface area contributed by atoms with Crippen molar-refractivity contribution >= 4 is 0 Å². The average molecular weight is 783 g/mol. The molecule has 0 nitrogen and oxygen atoms in total. The van der Waals surface area contributed by atoms with E-state index in [2.05, 4.69) is 231 Å². The maximum Gasteiger partial charge on any atom is 0.0725 e. The Kier molecular flexibility index (Phi) is 6.78. The van der Waals surface area contributed by atoms with Crippen LogP contribution in [0.4, 0.5) is 0 Å². The van der Waals surface area contributed by atoms with Gasteiger partial charge in [0.05, 0.1) is 10.8 Å². The SMILES string of the molecule is c1ccc(-c2ccc(-c3ccc4c(c3)C3(c5ccccc5-c5ccccc53)c3cc(-c5ccc6c(c5)C5(c7ccccc7-c7ccccc75)c5ccccc5-6)ccc3-4)cc2)cc1. The molecule has 0 saturated heterocycles. The highest BCUT2D eigenvalue weighted by molar-refractivity contribution is 5.99. The van der Waals surface area contributed by atoms with Gasteiger partial charge >= 0.3 is 0 Å². The first-order valence-corrected chi connectivity index (χ1v) is 21.8. The Morgan fingerprint density at radius 2 is 0.387 bits per heavy atom. The number of hydrogen-bond acceptors (Lipinski definition) is 0. The van der Waals surface area contributed by atoms with E-state index >= 15 is 0 Å². The predicted molar refractivity (Wildman–Crippen MR) is 255 cm³/mol. The predicted octanol–water partition coefficient (Wildman–Crippen LogP) is 15.4. The molecule has 0 saturated carbocycles. The van der Waals surface area contributed by atoms with Gasteiger partial charge in [0.25, 0.3) is 0 Å². The van der Waals surface area contributed by atoms with Crippen molar-refractivity contribution in [2.24, 2.45) is 0 Å². The molecule has 2 spiro atoms. The van der Waals surface area contributed by atoms with E-state index in [1.165, 1.54) is 122 Å². The molecule has 10 aromatic carbocycles. The summed E-state index contributed by atoms with van der Waals surface area (Å²) in [4.78, 5) is 0. The largest absolute Gasteiger partial charge is 0.0725 e. The Hall–Kier alpha value is -7.80. The molecule has 0 amide bonds. The molecule has 0 unspecified atom stereocenters. The van der Waals surface area contributed by atoms with E-state index in [1.807, 2.05) is 0 Å². The third-order valence-electron chi connectivity index (χ3n) is 14.7. The second-order valence-electron chi connectivity index (χ2n) is 17.5. The zero-order valence-corrected chi connectivity index (χ0v) is 33.9. The summed E-state index contributed by atoms with van der Waals surface area (Å²) in [5.74, 6) is 0. The number of rotatable bonds is 3. The van der Waals surface area contributed by atoms with Gasteiger partial charge in [-0.1, -0.05) is 212 Å². The lowest BCUT2D eigenvalue weighted by Gasteiger charge is -2.31. The molecule has 0 aromatic heterocycles. The molecule has 0 heterocycles. The molecule has 0 atom stereocenters. The first kappa shape index (κ1) is 34.0.